The van der Waals surface area contributed by atoms with E-state index in [0.29, 0.717) is 16.5 Å². The molecule has 0 spiro atoms. The molecule has 9 heteroatoms. The van der Waals surface area contributed by atoms with Crippen molar-refractivity contribution in [3.8, 4) is 6.07 Å². The zero-order chi connectivity index (χ0) is 21.4. The van der Waals surface area contributed by atoms with E-state index in [0.717, 1.165) is 34.4 Å². The molecular weight excluding hydrogens is 404 g/mol. The zero-order valence-corrected chi connectivity index (χ0v) is 17.0. The van der Waals surface area contributed by atoms with Crippen molar-refractivity contribution >= 4 is 39.0 Å². The summed E-state index contributed by atoms with van der Waals surface area (Å²) in [5, 5.41) is 26.5. The summed E-state index contributed by atoms with van der Waals surface area (Å²) in [7, 11) is 0. The van der Waals surface area contributed by atoms with Gasteiger partial charge in [-0.1, -0.05) is 25.1 Å². The monoisotopic (exact) mass is 422 g/mol. The van der Waals surface area contributed by atoms with Crippen LogP contribution in [0.3, 0.4) is 0 Å². The molecule has 0 bridgehead atoms. The van der Waals surface area contributed by atoms with E-state index >= 15 is 0 Å². The number of rotatable bonds is 4. The Morgan fingerprint density at radius 2 is 2.10 bits per heavy atom. The smallest absolute Gasteiger partial charge is 0.357 e. The van der Waals surface area contributed by atoms with Gasteiger partial charge in [-0.3, -0.25) is 9.59 Å². The van der Waals surface area contributed by atoms with Crippen molar-refractivity contribution in [2.45, 2.75) is 32.7 Å². The Morgan fingerprint density at radius 3 is 2.80 bits per heavy atom. The number of hydrogen-bond donors (Lipinski definition) is 2. The maximum atomic E-state index is 12.7. The van der Waals surface area contributed by atoms with Crippen LogP contribution >= 0.6 is 11.3 Å². The molecule has 2 heterocycles. The molecule has 0 fully saturated rings. The average molecular weight is 422 g/mol. The first-order valence-electron chi connectivity index (χ1n) is 9.46. The van der Waals surface area contributed by atoms with Crippen LogP contribution in [0.2, 0.25) is 0 Å². The number of nitriles is 1. The predicted octanol–water partition coefficient (Wildman–Crippen LogP) is 2.79. The maximum absolute atomic E-state index is 12.7. The fraction of sp³-hybridized carbons (Fsp3) is 0.286. The van der Waals surface area contributed by atoms with Crippen molar-refractivity contribution in [3.05, 3.63) is 56.3 Å². The number of aromatic carboxylic acids is 1. The van der Waals surface area contributed by atoms with Gasteiger partial charge in [-0.25, -0.2) is 9.48 Å². The molecule has 8 nitrogen and oxygen atoms in total. The summed E-state index contributed by atoms with van der Waals surface area (Å²) in [6.45, 7) is 1.71. The molecular formula is C21H18N4O4S. The highest BCUT2D eigenvalue weighted by atomic mass is 32.1. The van der Waals surface area contributed by atoms with E-state index < -0.39 is 24.0 Å². The molecule has 2 aromatic heterocycles. The largest absolute Gasteiger partial charge is 0.476 e. The van der Waals surface area contributed by atoms with Gasteiger partial charge >= 0.3 is 5.97 Å². The molecule has 0 radical (unpaired) electrons. The van der Waals surface area contributed by atoms with Crippen molar-refractivity contribution in [1.29, 1.82) is 5.26 Å². The van der Waals surface area contributed by atoms with E-state index in [-0.39, 0.29) is 16.5 Å². The van der Waals surface area contributed by atoms with Crippen molar-refractivity contribution in [1.82, 2.24) is 9.78 Å². The van der Waals surface area contributed by atoms with Gasteiger partial charge in [-0.05, 0) is 36.8 Å². The van der Waals surface area contributed by atoms with Crippen molar-refractivity contribution in [3.63, 3.8) is 0 Å². The Hall–Kier alpha value is -3.51. The van der Waals surface area contributed by atoms with Crippen LogP contribution in [0.25, 0.3) is 10.8 Å². The molecule has 30 heavy (non-hydrogen) atoms. The third kappa shape index (κ3) is 3.46. The number of amides is 1. The molecule has 0 aliphatic heterocycles. The molecule has 3 aromatic rings. The highest BCUT2D eigenvalue weighted by Gasteiger charge is 2.25. The maximum Gasteiger partial charge on any atom is 0.357 e. The van der Waals surface area contributed by atoms with Crippen LogP contribution in [0.4, 0.5) is 5.00 Å². The molecule has 4 rings (SSSR count). The minimum Gasteiger partial charge on any atom is -0.476 e. The lowest BCUT2D eigenvalue weighted by molar-refractivity contribution is -0.117. The van der Waals surface area contributed by atoms with Gasteiger partial charge in [0.1, 0.15) is 17.6 Å². The molecule has 0 saturated heterocycles. The number of benzene rings is 1. The number of carboxylic acid groups (broad SMARTS) is 1. The molecule has 1 aromatic carbocycles. The Balaban J connectivity index is 1.65. The summed E-state index contributed by atoms with van der Waals surface area (Å²) in [5.41, 5.74) is 0.618. The number of carbonyl (C=O) groups excluding carboxylic acids is 1. The number of hydrogen-bond acceptors (Lipinski definition) is 6. The molecule has 2 N–H and O–H groups in total. The lowest BCUT2D eigenvalue weighted by Gasteiger charge is -2.17. The van der Waals surface area contributed by atoms with Crippen LogP contribution in [-0.4, -0.2) is 26.8 Å². The molecule has 0 saturated carbocycles. The molecule has 1 atom stereocenters. The van der Waals surface area contributed by atoms with Gasteiger partial charge in [0, 0.05) is 10.3 Å². The van der Waals surface area contributed by atoms with Gasteiger partial charge in [0.15, 0.2) is 5.69 Å². The number of thiophene rings is 1. The Labute approximate surface area is 175 Å². The van der Waals surface area contributed by atoms with Gasteiger partial charge in [0.05, 0.1) is 10.9 Å². The normalized spacial score (nSPS) is 15.4. The molecule has 0 unspecified atom stereocenters. The number of fused-ring (bicyclic) bond motifs is 2. The van der Waals surface area contributed by atoms with Gasteiger partial charge in [0.25, 0.3) is 5.56 Å². The van der Waals surface area contributed by atoms with Crippen LogP contribution in [-0.2, 0) is 24.2 Å². The fourth-order valence-corrected chi connectivity index (χ4v) is 5.14. The van der Waals surface area contributed by atoms with Crippen LogP contribution in [0.15, 0.2) is 29.1 Å². The number of nitrogens with one attached hydrogen (secondary N) is 1. The van der Waals surface area contributed by atoms with Crippen LogP contribution in [0.5, 0.6) is 0 Å². The van der Waals surface area contributed by atoms with E-state index in [1.165, 1.54) is 23.5 Å². The Morgan fingerprint density at radius 1 is 1.37 bits per heavy atom. The fourth-order valence-electron chi connectivity index (χ4n) is 3.76. The number of aromatic nitrogens is 2. The topological polar surface area (TPSA) is 125 Å². The quantitative estimate of drug-likeness (QED) is 0.666. The number of carboxylic acids is 1. The molecule has 1 aliphatic carbocycles. The van der Waals surface area contributed by atoms with Gasteiger partial charge in [0.2, 0.25) is 5.91 Å². The second-order valence-electron chi connectivity index (χ2n) is 7.38. The minimum atomic E-state index is -1.29. The highest BCUT2D eigenvalue weighted by Crippen LogP contribution is 2.39. The first-order chi connectivity index (χ1) is 14.4. The third-order valence-electron chi connectivity index (χ3n) is 5.24. The summed E-state index contributed by atoms with van der Waals surface area (Å²) in [5.74, 6) is -1.30. The van der Waals surface area contributed by atoms with E-state index in [4.69, 9.17) is 0 Å². The minimum absolute atomic E-state index is 0.177. The molecule has 152 valence electrons. The van der Waals surface area contributed by atoms with E-state index in [1.54, 1.807) is 12.1 Å². The highest BCUT2D eigenvalue weighted by molar-refractivity contribution is 7.16. The molecule has 1 aliphatic rings. The van der Waals surface area contributed by atoms with Gasteiger partial charge in [-0.15, -0.1) is 11.3 Å². The van der Waals surface area contributed by atoms with E-state index in [1.807, 2.05) is 0 Å². The van der Waals surface area contributed by atoms with Crippen molar-refractivity contribution in [2.75, 3.05) is 5.32 Å². The van der Waals surface area contributed by atoms with Crippen LogP contribution in [0, 0.1) is 17.2 Å². The summed E-state index contributed by atoms with van der Waals surface area (Å²) in [6, 6.07) is 8.43. The Bertz CT molecular complexity index is 1280. The van der Waals surface area contributed by atoms with E-state index in [9.17, 15) is 24.8 Å². The second kappa shape index (κ2) is 7.72. The van der Waals surface area contributed by atoms with Gasteiger partial charge < -0.3 is 10.4 Å². The zero-order valence-electron chi connectivity index (χ0n) is 16.1. The predicted molar refractivity (Wildman–Crippen MR) is 112 cm³/mol. The van der Waals surface area contributed by atoms with E-state index in [2.05, 4.69) is 23.4 Å². The molecule has 1 amide bonds. The third-order valence-corrected chi connectivity index (χ3v) is 6.41. The summed E-state index contributed by atoms with van der Waals surface area (Å²) < 4.78 is 0.850. The lowest BCUT2D eigenvalue weighted by atomic mass is 9.89. The Kier molecular flexibility index (Phi) is 5.10. The second-order valence-corrected chi connectivity index (χ2v) is 8.48. The standard InChI is InChI=1S/C21H18N4O4S/c1-11-6-7-12-15(9-22)19(30-16(12)8-11)23-17(26)10-25-20(27)14-5-3-2-4-13(14)18(24-25)21(28)29/h2-5,11H,6-8,10H2,1H3,(H,23,26)(H,28,29)/t11-/m1/s1. The average Bonchev–Trinajstić information content (AvgIpc) is 3.05. The first kappa shape index (κ1) is 19.8. The summed E-state index contributed by atoms with van der Waals surface area (Å²) in [4.78, 5) is 38.0. The first-order valence-corrected chi connectivity index (χ1v) is 10.3. The van der Waals surface area contributed by atoms with Crippen molar-refractivity contribution in [2.24, 2.45) is 5.92 Å². The SMILES string of the molecule is C[C@@H]1CCc2c(sc(NC(=O)Cn3nc(C(=O)O)c4ccccc4c3=O)c2C#N)C1. The summed E-state index contributed by atoms with van der Waals surface area (Å²) >= 11 is 1.39. The summed E-state index contributed by atoms with van der Waals surface area (Å²) in [6.07, 6.45) is 2.68. The number of nitrogens with zero attached hydrogens (tertiary/aromatic N) is 3. The number of carbonyl (C=O) groups is 2. The van der Waals surface area contributed by atoms with Crippen LogP contribution < -0.4 is 10.9 Å². The number of anilines is 1. The van der Waals surface area contributed by atoms with Gasteiger partial charge in [-0.2, -0.15) is 10.4 Å². The van der Waals surface area contributed by atoms with Crippen molar-refractivity contribution < 1.29 is 14.7 Å². The lowest BCUT2D eigenvalue weighted by Crippen LogP contribution is -2.31. The van der Waals surface area contributed by atoms with Crippen LogP contribution in [0.1, 0.15) is 39.8 Å².